The fourth-order valence-corrected chi connectivity index (χ4v) is 2.72. The van der Waals surface area contributed by atoms with Gasteiger partial charge in [-0.15, -0.1) is 0 Å². The summed E-state index contributed by atoms with van der Waals surface area (Å²) in [6, 6.07) is 1.69. The van der Waals surface area contributed by atoms with E-state index in [2.05, 4.69) is 11.9 Å². The first-order valence-corrected chi connectivity index (χ1v) is 6.06. The fraction of sp³-hybridized carbons (Fsp3) is 0.500. The predicted molar refractivity (Wildman–Crippen MR) is 63.0 cm³/mol. The Morgan fingerprint density at radius 3 is 3.13 bits per heavy atom. The quantitative estimate of drug-likeness (QED) is 0.754. The number of thioether (sulfide) groups is 1. The number of anilines is 1. The lowest BCUT2D eigenvalue weighted by Gasteiger charge is -2.30. The zero-order valence-electron chi connectivity index (χ0n) is 8.69. The van der Waals surface area contributed by atoms with Crippen LogP contribution < -0.4 is 5.73 Å². The number of H-pyrrole nitrogens is 1. The number of nitrogens with zero attached hydrogens (tertiary/aromatic N) is 1. The Bertz CT molecular complexity index is 363. The fourth-order valence-electron chi connectivity index (χ4n) is 1.71. The maximum absolute atomic E-state index is 12.0. The number of rotatable bonds is 1. The van der Waals surface area contributed by atoms with Crippen LogP contribution in [-0.4, -0.2) is 39.9 Å². The Morgan fingerprint density at radius 2 is 2.53 bits per heavy atom. The standard InChI is InChI=1S/C10H15N3OS/c1-7-6-13(2-3-15-7)10(14)9-4-8(11)5-12-9/h4-5,7,12H,2-3,6,11H2,1H3. The Morgan fingerprint density at radius 1 is 1.73 bits per heavy atom. The smallest absolute Gasteiger partial charge is 0.270 e. The van der Waals surface area contributed by atoms with Crippen LogP contribution in [0.15, 0.2) is 12.3 Å². The second-order valence-electron chi connectivity index (χ2n) is 3.78. The molecule has 1 amide bonds. The largest absolute Gasteiger partial charge is 0.397 e. The molecule has 15 heavy (non-hydrogen) atoms. The summed E-state index contributed by atoms with van der Waals surface area (Å²) in [4.78, 5) is 16.8. The predicted octanol–water partition coefficient (Wildman–Crippen LogP) is 1.17. The topological polar surface area (TPSA) is 62.1 Å². The first-order valence-electron chi connectivity index (χ1n) is 5.01. The maximum Gasteiger partial charge on any atom is 0.270 e. The van der Waals surface area contributed by atoms with E-state index in [1.54, 1.807) is 12.3 Å². The molecular formula is C10H15N3OS. The molecule has 1 aromatic heterocycles. The average molecular weight is 225 g/mol. The van der Waals surface area contributed by atoms with Gasteiger partial charge in [0.2, 0.25) is 0 Å². The number of hydrogen-bond donors (Lipinski definition) is 2. The molecule has 1 atom stereocenters. The monoisotopic (exact) mass is 225 g/mol. The van der Waals surface area contributed by atoms with Crippen molar-refractivity contribution < 1.29 is 4.79 Å². The van der Waals surface area contributed by atoms with Crippen molar-refractivity contribution in [2.75, 3.05) is 24.6 Å². The van der Waals surface area contributed by atoms with Gasteiger partial charge < -0.3 is 15.6 Å². The minimum absolute atomic E-state index is 0.0545. The van der Waals surface area contributed by atoms with Crippen LogP contribution in [0.2, 0.25) is 0 Å². The van der Waals surface area contributed by atoms with Crippen LogP contribution in [0.3, 0.4) is 0 Å². The van der Waals surface area contributed by atoms with Gasteiger partial charge in [0.05, 0.1) is 0 Å². The lowest BCUT2D eigenvalue weighted by molar-refractivity contribution is 0.0758. The van der Waals surface area contributed by atoms with E-state index in [1.165, 1.54) is 0 Å². The zero-order chi connectivity index (χ0) is 10.8. The van der Waals surface area contributed by atoms with Gasteiger partial charge in [0, 0.05) is 36.0 Å². The van der Waals surface area contributed by atoms with Crippen molar-refractivity contribution in [1.82, 2.24) is 9.88 Å². The summed E-state index contributed by atoms with van der Waals surface area (Å²) in [5, 5.41) is 0.523. The molecule has 0 aliphatic carbocycles. The third kappa shape index (κ3) is 2.28. The molecule has 1 aromatic rings. The summed E-state index contributed by atoms with van der Waals surface area (Å²) >= 11 is 1.91. The van der Waals surface area contributed by atoms with E-state index in [9.17, 15) is 4.79 Å². The van der Waals surface area contributed by atoms with E-state index in [0.29, 0.717) is 16.6 Å². The molecule has 1 saturated heterocycles. The molecule has 3 N–H and O–H groups in total. The molecule has 0 aromatic carbocycles. The van der Waals surface area contributed by atoms with Crippen LogP contribution in [0.5, 0.6) is 0 Å². The number of nitrogen functional groups attached to an aromatic ring is 1. The second kappa shape index (κ2) is 4.18. The summed E-state index contributed by atoms with van der Waals surface area (Å²) < 4.78 is 0. The van der Waals surface area contributed by atoms with Gasteiger partial charge in [-0.05, 0) is 6.07 Å². The van der Waals surface area contributed by atoms with Crippen LogP contribution in [0.25, 0.3) is 0 Å². The van der Waals surface area contributed by atoms with Crippen LogP contribution >= 0.6 is 11.8 Å². The molecular weight excluding hydrogens is 210 g/mol. The van der Waals surface area contributed by atoms with Crippen LogP contribution in [0, 0.1) is 0 Å². The van der Waals surface area contributed by atoms with Crippen molar-refractivity contribution in [2.45, 2.75) is 12.2 Å². The Balaban J connectivity index is 2.07. The number of hydrogen-bond acceptors (Lipinski definition) is 3. The maximum atomic E-state index is 12.0. The van der Waals surface area contributed by atoms with Crippen molar-refractivity contribution in [3.05, 3.63) is 18.0 Å². The summed E-state index contributed by atoms with van der Waals surface area (Å²) in [5.41, 5.74) is 6.77. The van der Waals surface area contributed by atoms with E-state index in [1.807, 2.05) is 16.7 Å². The van der Waals surface area contributed by atoms with Crippen molar-refractivity contribution in [2.24, 2.45) is 0 Å². The van der Waals surface area contributed by atoms with Gasteiger partial charge in [0.15, 0.2) is 0 Å². The Labute approximate surface area is 93.2 Å². The van der Waals surface area contributed by atoms with Gasteiger partial charge in [0.1, 0.15) is 5.69 Å². The highest BCUT2D eigenvalue weighted by Crippen LogP contribution is 2.19. The number of nitrogens with two attached hydrogens (primary N) is 1. The number of nitrogens with one attached hydrogen (secondary N) is 1. The van der Waals surface area contributed by atoms with Crippen LogP contribution in [-0.2, 0) is 0 Å². The van der Waals surface area contributed by atoms with E-state index >= 15 is 0 Å². The Kier molecular flexibility index (Phi) is 2.90. The highest BCUT2D eigenvalue weighted by molar-refractivity contribution is 7.99. The minimum atomic E-state index is 0.0545. The van der Waals surface area contributed by atoms with Gasteiger partial charge >= 0.3 is 0 Å². The number of amides is 1. The molecule has 1 fully saturated rings. The van der Waals surface area contributed by atoms with Gasteiger partial charge in [0.25, 0.3) is 5.91 Å². The number of carbonyl (C=O) groups excluding carboxylic acids is 1. The molecule has 0 spiro atoms. The molecule has 0 bridgehead atoms. The molecule has 0 saturated carbocycles. The molecule has 82 valence electrons. The summed E-state index contributed by atoms with van der Waals surface area (Å²) in [5.74, 6) is 1.07. The third-order valence-corrected chi connectivity index (χ3v) is 3.60. The van der Waals surface area contributed by atoms with Crippen LogP contribution in [0.4, 0.5) is 5.69 Å². The van der Waals surface area contributed by atoms with Crippen LogP contribution in [0.1, 0.15) is 17.4 Å². The number of aromatic amines is 1. The number of carbonyl (C=O) groups is 1. The van der Waals surface area contributed by atoms with Crippen molar-refractivity contribution in [1.29, 1.82) is 0 Å². The van der Waals surface area contributed by atoms with Crippen molar-refractivity contribution in [3.8, 4) is 0 Å². The van der Waals surface area contributed by atoms with Crippen molar-refractivity contribution in [3.63, 3.8) is 0 Å². The van der Waals surface area contributed by atoms with E-state index in [0.717, 1.165) is 18.8 Å². The molecule has 0 radical (unpaired) electrons. The second-order valence-corrected chi connectivity index (χ2v) is 5.33. The lowest BCUT2D eigenvalue weighted by Crippen LogP contribution is -2.41. The third-order valence-electron chi connectivity index (χ3n) is 2.46. The highest BCUT2D eigenvalue weighted by Gasteiger charge is 2.22. The Hall–Kier alpha value is -1.10. The average Bonchev–Trinajstić information content (AvgIpc) is 2.64. The van der Waals surface area contributed by atoms with Gasteiger partial charge in [-0.3, -0.25) is 4.79 Å². The van der Waals surface area contributed by atoms with Gasteiger partial charge in [-0.1, -0.05) is 6.92 Å². The SMILES string of the molecule is CC1CN(C(=O)c2cc(N)c[nH]2)CCS1. The zero-order valence-corrected chi connectivity index (χ0v) is 9.51. The molecule has 4 nitrogen and oxygen atoms in total. The molecule has 2 heterocycles. The molecule has 1 aliphatic heterocycles. The summed E-state index contributed by atoms with van der Waals surface area (Å²) in [6.45, 7) is 3.79. The molecule has 1 aliphatic rings. The first-order chi connectivity index (χ1) is 7.16. The minimum Gasteiger partial charge on any atom is -0.397 e. The summed E-state index contributed by atoms with van der Waals surface area (Å²) in [6.07, 6.45) is 1.65. The first kappa shape index (κ1) is 10.4. The van der Waals surface area contributed by atoms with Gasteiger partial charge in [-0.2, -0.15) is 11.8 Å². The van der Waals surface area contributed by atoms with E-state index < -0.39 is 0 Å². The molecule has 5 heteroatoms. The van der Waals surface area contributed by atoms with E-state index in [4.69, 9.17) is 5.73 Å². The lowest BCUT2D eigenvalue weighted by atomic mass is 10.3. The molecule has 2 rings (SSSR count). The van der Waals surface area contributed by atoms with E-state index in [-0.39, 0.29) is 5.91 Å². The van der Waals surface area contributed by atoms with Gasteiger partial charge in [-0.25, -0.2) is 0 Å². The normalized spacial score (nSPS) is 21.7. The highest BCUT2D eigenvalue weighted by atomic mass is 32.2. The summed E-state index contributed by atoms with van der Waals surface area (Å²) in [7, 11) is 0. The molecule has 1 unspecified atom stereocenters. The van der Waals surface area contributed by atoms with Crippen molar-refractivity contribution >= 4 is 23.4 Å². The number of aromatic nitrogens is 1.